The SMILES string of the molecule is CC(C)n1cnc(S(=O)(=O)NCCn2ccc(-c3ccsc3)n2)c1. The van der Waals surface area contributed by atoms with Gasteiger partial charge < -0.3 is 4.57 Å². The molecule has 0 fully saturated rings. The molecule has 0 aliphatic carbocycles. The lowest BCUT2D eigenvalue weighted by atomic mass is 10.2. The minimum absolute atomic E-state index is 0.0376. The lowest BCUT2D eigenvalue weighted by Gasteiger charge is -2.05. The van der Waals surface area contributed by atoms with E-state index in [0.29, 0.717) is 6.54 Å². The molecule has 0 aliphatic heterocycles. The number of nitrogens with zero attached hydrogens (tertiary/aromatic N) is 4. The van der Waals surface area contributed by atoms with Gasteiger partial charge in [0, 0.05) is 35.9 Å². The van der Waals surface area contributed by atoms with Gasteiger partial charge in [-0.3, -0.25) is 4.68 Å². The molecule has 3 rings (SSSR count). The average Bonchev–Trinajstić information content (AvgIpc) is 3.27. The van der Waals surface area contributed by atoms with E-state index in [4.69, 9.17) is 0 Å². The second-order valence-corrected chi connectivity index (χ2v) is 8.12. The summed E-state index contributed by atoms with van der Waals surface area (Å²) in [5.74, 6) is 0. The predicted molar refractivity (Wildman–Crippen MR) is 93.3 cm³/mol. The topological polar surface area (TPSA) is 81.8 Å². The van der Waals surface area contributed by atoms with Crippen LogP contribution in [0.1, 0.15) is 19.9 Å². The first-order chi connectivity index (χ1) is 11.5. The highest BCUT2D eigenvalue weighted by Gasteiger charge is 2.17. The Kier molecular flexibility index (Phi) is 4.83. The normalized spacial score (nSPS) is 12.1. The molecule has 0 radical (unpaired) electrons. The molecule has 0 saturated carbocycles. The van der Waals surface area contributed by atoms with Crippen molar-refractivity contribution in [3.8, 4) is 11.3 Å². The van der Waals surface area contributed by atoms with Crippen molar-refractivity contribution in [3.05, 3.63) is 41.6 Å². The second kappa shape index (κ2) is 6.88. The molecule has 9 heteroatoms. The number of nitrogens with one attached hydrogen (secondary N) is 1. The molecule has 0 bridgehead atoms. The van der Waals surface area contributed by atoms with Gasteiger partial charge in [-0.15, -0.1) is 0 Å². The molecule has 3 heterocycles. The van der Waals surface area contributed by atoms with Crippen molar-refractivity contribution in [2.75, 3.05) is 6.54 Å². The minimum Gasteiger partial charge on any atom is -0.334 e. The summed E-state index contributed by atoms with van der Waals surface area (Å²) >= 11 is 1.62. The fourth-order valence-electron chi connectivity index (χ4n) is 2.16. The monoisotopic (exact) mass is 365 g/mol. The third-order valence-electron chi connectivity index (χ3n) is 3.54. The van der Waals surface area contributed by atoms with Gasteiger partial charge in [0.1, 0.15) is 0 Å². The Morgan fingerprint density at radius 2 is 2.17 bits per heavy atom. The van der Waals surface area contributed by atoms with Crippen molar-refractivity contribution >= 4 is 21.4 Å². The van der Waals surface area contributed by atoms with Gasteiger partial charge in [0.25, 0.3) is 10.0 Å². The Balaban J connectivity index is 1.59. The standard InChI is InChI=1S/C15H19N5O2S2/c1-12(2)19-9-15(16-11-19)24(21,22)17-5-7-20-6-3-14(18-20)13-4-8-23-10-13/h3-4,6,8-12,17H,5,7H2,1-2H3. The molecule has 24 heavy (non-hydrogen) atoms. The van der Waals surface area contributed by atoms with E-state index in [9.17, 15) is 8.42 Å². The molecule has 0 atom stereocenters. The first kappa shape index (κ1) is 16.9. The Labute approximate surface area is 145 Å². The number of imidazole rings is 1. The molecular weight excluding hydrogens is 346 g/mol. The average molecular weight is 365 g/mol. The van der Waals surface area contributed by atoms with Crippen LogP contribution < -0.4 is 4.72 Å². The molecule has 7 nitrogen and oxygen atoms in total. The first-order valence-electron chi connectivity index (χ1n) is 7.55. The molecule has 0 aromatic carbocycles. The van der Waals surface area contributed by atoms with Crippen LogP contribution in [0, 0.1) is 0 Å². The molecule has 0 unspecified atom stereocenters. The van der Waals surface area contributed by atoms with Gasteiger partial charge in [0.2, 0.25) is 0 Å². The summed E-state index contributed by atoms with van der Waals surface area (Å²) in [6.07, 6.45) is 4.91. The number of hydrogen-bond donors (Lipinski definition) is 1. The summed E-state index contributed by atoms with van der Waals surface area (Å²) < 4.78 is 30.5. The zero-order valence-corrected chi connectivity index (χ0v) is 15.1. The number of thiophene rings is 1. The molecule has 1 N–H and O–H groups in total. The molecule has 0 aliphatic rings. The van der Waals surface area contributed by atoms with Crippen LogP contribution in [0.2, 0.25) is 0 Å². The van der Waals surface area contributed by atoms with Crippen molar-refractivity contribution in [3.63, 3.8) is 0 Å². The molecule has 0 saturated heterocycles. The van der Waals surface area contributed by atoms with E-state index < -0.39 is 10.0 Å². The van der Waals surface area contributed by atoms with Gasteiger partial charge >= 0.3 is 0 Å². The van der Waals surface area contributed by atoms with Gasteiger partial charge in [-0.05, 0) is 31.4 Å². The largest absolute Gasteiger partial charge is 0.334 e. The Bertz CT molecular complexity index is 894. The van der Waals surface area contributed by atoms with Crippen LogP contribution in [-0.4, -0.2) is 34.3 Å². The lowest BCUT2D eigenvalue weighted by molar-refractivity contribution is 0.558. The van der Waals surface area contributed by atoms with E-state index in [2.05, 4.69) is 14.8 Å². The van der Waals surface area contributed by atoms with Gasteiger partial charge in [0.15, 0.2) is 5.03 Å². The molecular formula is C15H19N5O2S2. The number of sulfonamides is 1. The lowest BCUT2D eigenvalue weighted by Crippen LogP contribution is -2.27. The van der Waals surface area contributed by atoms with Crippen molar-refractivity contribution in [1.29, 1.82) is 0 Å². The summed E-state index contributed by atoms with van der Waals surface area (Å²) in [5.41, 5.74) is 1.95. The molecule has 3 aromatic rings. The fraction of sp³-hybridized carbons (Fsp3) is 0.333. The maximum atomic E-state index is 12.2. The quantitative estimate of drug-likeness (QED) is 0.697. The van der Waals surface area contributed by atoms with E-state index in [-0.39, 0.29) is 17.6 Å². The van der Waals surface area contributed by atoms with Crippen molar-refractivity contribution < 1.29 is 8.42 Å². The summed E-state index contributed by atoms with van der Waals surface area (Å²) in [5, 5.41) is 8.51. The number of rotatable bonds is 7. The van der Waals surface area contributed by atoms with Crippen LogP contribution in [0.3, 0.4) is 0 Å². The number of aromatic nitrogens is 4. The molecule has 0 amide bonds. The van der Waals surface area contributed by atoms with Crippen molar-refractivity contribution in [2.45, 2.75) is 31.5 Å². The third kappa shape index (κ3) is 3.74. The molecule has 3 aromatic heterocycles. The van der Waals surface area contributed by atoms with E-state index in [1.54, 1.807) is 20.6 Å². The summed E-state index contributed by atoms with van der Waals surface area (Å²) in [4.78, 5) is 3.96. The van der Waals surface area contributed by atoms with Crippen LogP contribution in [-0.2, 0) is 16.6 Å². The maximum Gasteiger partial charge on any atom is 0.259 e. The third-order valence-corrected chi connectivity index (χ3v) is 5.57. The van der Waals surface area contributed by atoms with E-state index in [1.807, 2.05) is 42.9 Å². The summed E-state index contributed by atoms with van der Waals surface area (Å²) in [7, 11) is -3.60. The van der Waals surface area contributed by atoms with Crippen LogP contribution >= 0.6 is 11.3 Å². The van der Waals surface area contributed by atoms with E-state index in [0.717, 1.165) is 11.3 Å². The van der Waals surface area contributed by atoms with E-state index >= 15 is 0 Å². The van der Waals surface area contributed by atoms with Crippen LogP contribution in [0.4, 0.5) is 0 Å². The highest BCUT2D eigenvalue weighted by molar-refractivity contribution is 7.89. The smallest absolute Gasteiger partial charge is 0.259 e. The Morgan fingerprint density at radius 1 is 1.33 bits per heavy atom. The van der Waals surface area contributed by atoms with Gasteiger partial charge in [-0.25, -0.2) is 18.1 Å². The fourth-order valence-corrected chi connectivity index (χ4v) is 3.76. The number of hydrogen-bond acceptors (Lipinski definition) is 5. The van der Waals surface area contributed by atoms with Gasteiger partial charge in [0.05, 0.1) is 18.6 Å². The van der Waals surface area contributed by atoms with Crippen LogP contribution in [0.5, 0.6) is 0 Å². The Hall–Kier alpha value is -1.97. The molecule has 128 valence electrons. The summed E-state index contributed by atoms with van der Waals surface area (Å²) in [6, 6.07) is 4.09. The van der Waals surface area contributed by atoms with Crippen molar-refractivity contribution in [2.24, 2.45) is 0 Å². The zero-order chi connectivity index (χ0) is 17.2. The zero-order valence-electron chi connectivity index (χ0n) is 13.5. The summed E-state index contributed by atoms with van der Waals surface area (Å²) in [6.45, 7) is 4.64. The highest BCUT2D eigenvalue weighted by Crippen LogP contribution is 2.19. The maximum absolute atomic E-state index is 12.2. The van der Waals surface area contributed by atoms with Crippen LogP contribution in [0.25, 0.3) is 11.3 Å². The second-order valence-electron chi connectivity index (χ2n) is 5.63. The van der Waals surface area contributed by atoms with Gasteiger partial charge in [-0.2, -0.15) is 16.4 Å². The van der Waals surface area contributed by atoms with Gasteiger partial charge in [-0.1, -0.05) is 0 Å². The van der Waals surface area contributed by atoms with E-state index in [1.165, 1.54) is 12.5 Å². The predicted octanol–water partition coefficient (Wildman–Crippen LogP) is 2.37. The van der Waals surface area contributed by atoms with Crippen LogP contribution in [0.15, 0.2) is 46.6 Å². The Morgan fingerprint density at radius 3 is 2.83 bits per heavy atom. The molecule has 0 spiro atoms. The highest BCUT2D eigenvalue weighted by atomic mass is 32.2. The first-order valence-corrected chi connectivity index (χ1v) is 9.97. The van der Waals surface area contributed by atoms with Crippen molar-refractivity contribution in [1.82, 2.24) is 24.1 Å². The minimum atomic E-state index is -3.60.